The number of aliphatic hydroxyl groups is 3. The molecule has 1 aromatic heterocycles. The maximum atomic E-state index is 14.9. The SMILES string of the molecule is CC[C@H](C)[C@@H]1NC(=O)[C@H](CC(C)C)NC(=O)[C@H](CO)NC(=O)[C@H](Cc2cnc[nH]2)NC(=O)[C@H]([C@@H](C)CC)NC(=O)[C@H](CC(C)C)NC(=O)[C@@H](NC(=O)[C@@H](NC(=O)[C@H](Cc2ccc(O)cc2)NC(=O)CCC(=O)O)[C@@H](C)O)CCC(=O)NCCCCCNC(=O)CC[C@@H](C(=O)N[C@@H](CCC(=O)O)C(=O)N[C@@H](CO)C(=O)N[C@@H](CCC(N)=O)C(=O)N[C@@H](CC(N)=O)C(N)=O)NC1=O. The summed E-state index contributed by atoms with van der Waals surface area (Å²) in [6.45, 7) is 11.7. The van der Waals surface area contributed by atoms with E-state index in [0.29, 0.717) is 12.0 Å². The van der Waals surface area contributed by atoms with Gasteiger partial charge in [-0.15, -0.1) is 0 Å². The number of carbonyl (C=O) groups excluding carboxylic acids is 19. The monoisotopic (exact) mass is 1840 g/mol. The average molecular weight is 1840 g/mol. The van der Waals surface area contributed by atoms with Crippen molar-refractivity contribution >= 4 is 124 Å². The first kappa shape index (κ1) is 111. The lowest BCUT2D eigenvalue weighted by molar-refractivity contribution is -0.139. The van der Waals surface area contributed by atoms with Crippen molar-refractivity contribution in [3.05, 3.63) is 48.0 Å². The van der Waals surface area contributed by atoms with Crippen molar-refractivity contribution < 1.29 is 131 Å². The lowest BCUT2D eigenvalue weighted by Crippen LogP contribution is -2.62. The molecule has 1 fully saturated rings. The summed E-state index contributed by atoms with van der Waals surface area (Å²) in [5.74, 6) is -26.2. The molecule has 724 valence electrons. The van der Waals surface area contributed by atoms with Gasteiger partial charge >= 0.3 is 11.9 Å². The minimum absolute atomic E-state index is 0.0248. The van der Waals surface area contributed by atoms with Gasteiger partial charge in [-0.1, -0.05) is 80.4 Å². The van der Waals surface area contributed by atoms with Gasteiger partial charge in [0.2, 0.25) is 112 Å². The van der Waals surface area contributed by atoms with Crippen molar-refractivity contribution in [1.82, 2.24) is 95.0 Å². The number of nitrogens with one attached hydrogen (secondary N) is 17. The molecular formula is C82H129N21O27. The van der Waals surface area contributed by atoms with Crippen molar-refractivity contribution in [2.45, 2.75) is 281 Å². The van der Waals surface area contributed by atoms with Crippen LogP contribution in [-0.2, 0) is 114 Å². The molecule has 0 bridgehead atoms. The molecule has 2 heterocycles. The molecular weight excluding hydrogens is 1710 g/mol. The average Bonchev–Trinajstić information content (AvgIpc) is 1.45. The predicted octanol–water partition coefficient (Wildman–Crippen LogP) is -7.43. The summed E-state index contributed by atoms with van der Waals surface area (Å²) in [4.78, 5) is 295. The van der Waals surface area contributed by atoms with Crippen LogP contribution in [0.2, 0.25) is 0 Å². The number of H-pyrrole nitrogens is 1. The third kappa shape index (κ3) is 41.0. The third-order valence-corrected chi connectivity index (χ3v) is 20.9. The topological polar surface area (TPSA) is 779 Å². The lowest BCUT2D eigenvalue weighted by atomic mass is 9.96. The van der Waals surface area contributed by atoms with Crippen LogP contribution in [0.4, 0.5) is 0 Å². The summed E-state index contributed by atoms with van der Waals surface area (Å²) >= 11 is 0. The van der Waals surface area contributed by atoms with Crippen LogP contribution >= 0.6 is 0 Å². The molecule has 17 atom stereocenters. The van der Waals surface area contributed by atoms with E-state index in [-0.39, 0.29) is 75.9 Å². The van der Waals surface area contributed by atoms with E-state index in [1.807, 2.05) is 0 Å². The molecule has 0 radical (unpaired) electrons. The van der Waals surface area contributed by atoms with Crippen molar-refractivity contribution in [3.63, 3.8) is 0 Å². The number of aromatic amines is 1. The van der Waals surface area contributed by atoms with Gasteiger partial charge in [-0.25, -0.2) is 4.98 Å². The number of benzene rings is 1. The Balaban J connectivity index is 2.22. The smallest absolute Gasteiger partial charge is 0.303 e. The van der Waals surface area contributed by atoms with E-state index in [0.717, 1.165) is 6.92 Å². The fraction of sp³-hybridized carbons (Fsp3) is 0.634. The van der Waals surface area contributed by atoms with Crippen LogP contribution in [-0.4, -0.2) is 282 Å². The minimum Gasteiger partial charge on any atom is -0.508 e. The Morgan fingerprint density at radius 3 is 1.47 bits per heavy atom. The van der Waals surface area contributed by atoms with Gasteiger partial charge in [-0.3, -0.25) is 101 Å². The van der Waals surface area contributed by atoms with Crippen LogP contribution in [0.5, 0.6) is 5.75 Å². The molecule has 0 spiro atoms. The number of hydrogen-bond acceptors (Lipinski definition) is 26. The molecule has 0 saturated carbocycles. The quantitative estimate of drug-likeness (QED) is 0.0295. The number of amides is 19. The number of carboxylic acids is 2. The van der Waals surface area contributed by atoms with Gasteiger partial charge in [-0.2, -0.15) is 0 Å². The Morgan fingerprint density at radius 2 is 0.977 bits per heavy atom. The van der Waals surface area contributed by atoms with E-state index in [2.05, 4.69) is 95.0 Å². The summed E-state index contributed by atoms with van der Waals surface area (Å²) in [7, 11) is 0. The van der Waals surface area contributed by atoms with Crippen LogP contribution in [0, 0.1) is 23.7 Å². The van der Waals surface area contributed by atoms with Crippen LogP contribution in [0.15, 0.2) is 36.8 Å². The number of carboxylic acid groups (broad SMARTS) is 2. The van der Waals surface area contributed by atoms with E-state index < -0.39 is 322 Å². The van der Waals surface area contributed by atoms with E-state index in [1.165, 1.54) is 43.7 Å². The Morgan fingerprint density at radius 1 is 0.500 bits per heavy atom. The van der Waals surface area contributed by atoms with Gasteiger partial charge in [0.1, 0.15) is 90.3 Å². The number of imidazole rings is 1. The Bertz CT molecular complexity index is 4210. The standard InChI is InChI=1S/C82H129N21O27/c1-10-42(7)66-80(128)93-49(70(118)91-51(22-27-64(113)114)73(121)99-57(37-104)78(126)92-48(19-23-59(83)108)71(119)95-52(69(85)117)35-60(84)109)20-24-61(110)87-29-13-12-14-30-88-62(111)25-21-50(94-82(130)68(44(9)106)103-77(125)55(90-63(112)26-28-65(115)116)33-45-15-17-47(107)18-16-45)72(120)96-53(31-40(3)4)75(123)102-67(43(8)11-2)81(129)98-56(34-46-36-86-39-89-46)74(122)100-58(38-105)79(127)97-54(32-41(5)6)76(124)101-66/h15-18,36,39-44,48-58,66-68,104-107H,10-14,19-35,37-38H2,1-9H3,(H2,83,108)(H2,84,109)(H2,85,117)(H,86,89)(H,87,110)(H,88,111)(H,90,112)(H,91,118)(H,92,126)(H,93,128)(H,94,130)(H,95,119)(H,96,120)(H,97,127)(H,98,129)(H,99,121)(H,100,122)(H,101,124)(H,102,123)(H,103,125)(H,113,114)(H,115,116)/t42-,43-,44+,48-,49-,50-,51-,52-,53-,54-,55-,56-,57-,58-,66-,67-,68-/m0/s1. The van der Waals surface area contributed by atoms with Gasteiger partial charge in [0.15, 0.2) is 0 Å². The summed E-state index contributed by atoms with van der Waals surface area (Å²) < 4.78 is 0. The zero-order valence-corrected chi connectivity index (χ0v) is 74.3. The normalized spacial score (nSPS) is 21.1. The number of aliphatic hydroxyl groups excluding tert-OH is 3. The minimum atomic E-state index is -2.06. The number of phenolic OH excluding ortho intramolecular Hbond substituents is 1. The highest BCUT2D eigenvalue weighted by molar-refractivity contribution is 6.02. The zero-order chi connectivity index (χ0) is 97.8. The molecule has 48 heteroatoms. The molecule has 1 saturated heterocycles. The first-order valence-electron chi connectivity index (χ1n) is 42.9. The van der Waals surface area contributed by atoms with Gasteiger partial charge in [0.05, 0.1) is 38.5 Å². The number of aliphatic carboxylic acids is 2. The number of nitrogens with zero attached hydrogens (tertiary/aromatic N) is 1. The maximum Gasteiger partial charge on any atom is 0.303 e. The third-order valence-electron chi connectivity index (χ3n) is 20.9. The van der Waals surface area contributed by atoms with Crippen molar-refractivity contribution in [2.75, 3.05) is 26.3 Å². The van der Waals surface area contributed by atoms with E-state index in [9.17, 15) is 131 Å². The predicted molar refractivity (Wildman–Crippen MR) is 458 cm³/mol. The van der Waals surface area contributed by atoms with Gasteiger partial charge in [-0.05, 0) is 106 Å². The first-order chi connectivity index (χ1) is 61.2. The molecule has 0 unspecified atom stereocenters. The summed E-state index contributed by atoms with van der Waals surface area (Å²) in [5.41, 5.74) is 16.4. The van der Waals surface area contributed by atoms with Gasteiger partial charge in [0.25, 0.3) is 0 Å². The molecule has 1 aliphatic heterocycles. The van der Waals surface area contributed by atoms with Crippen LogP contribution in [0.1, 0.15) is 189 Å². The van der Waals surface area contributed by atoms with Crippen LogP contribution in [0.3, 0.4) is 0 Å². The number of aromatic hydroxyl groups is 1. The van der Waals surface area contributed by atoms with Crippen LogP contribution in [0.25, 0.3) is 0 Å². The van der Waals surface area contributed by atoms with Crippen molar-refractivity contribution in [2.24, 2.45) is 40.9 Å². The highest BCUT2D eigenvalue weighted by Gasteiger charge is 2.41. The van der Waals surface area contributed by atoms with Crippen molar-refractivity contribution in [1.29, 1.82) is 0 Å². The Labute approximate surface area is 750 Å². The second-order valence-corrected chi connectivity index (χ2v) is 32.7. The fourth-order valence-electron chi connectivity index (χ4n) is 13.1. The summed E-state index contributed by atoms with van der Waals surface area (Å²) in [5, 5.41) is 101. The van der Waals surface area contributed by atoms with Gasteiger partial charge < -0.3 is 138 Å². The molecule has 19 amide bonds. The number of hydrogen-bond donors (Lipinski definition) is 26. The van der Waals surface area contributed by atoms with Crippen molar-refractivity contribution in [3.8, 4) is 5.75 Å². The number of aromatic nitrogens is 2. The molecule has 1 aliphatic rings. The molecule has 2 aromatic rings. The second-order valence-electron chi connectivity index (χ2n) is 32.7. The number of rotatable bonds is 40. The fourth-order valence-corrected chi connectivity index (χ4v) is 13.1. The highest BCUT2D eigenvalue weighted by Crippen LogP contribution is 2.19. The molecule has 0 aliphatic carbocycles. The highest BCUT2D eigenvalue weighted by atomic mass is 16.4. The number of phenols is 1. The molecule has 3 rings (SSSR count). The molecule has 130 heavy (non-hydrogen) atoms. The van der Waals surface area contributed by atoms with E-state index in [1.54, 1.807) is 48.5 Å². The maximum absolute atomic E-state index is 14.9. The van der Waals surface area contributed by atoms with E-state index in [4.69, 9.17) is 17.2 Å². The Kier molecular flexibility index (Phi) is 48.8. The second kappa shape index (κ2) is 57.0. The summed E-state index contributed by atoms with van der Waals surface area (Å²) in [6.07, 6.45) is -6.29. The lowest BCUT2D eigenvalue weighted by Gasteiger charge is -2.30. The number of primary amides is 3. The largest absolute Gasteiger partial charge is 0.508 e. The zero-order valence-electron chi connectivity index (χ0n) is 74.3. The van der Waals surface area contributed by atoms with E-state index >= 15 is 0 Å². The molecule has 1 aromatic carbocycles. The molecule has 48 nitrogen and oxygen atoms in total. The van der Waals surface area contributed by atoms with Crippen LogP contribution < -0.4 is 102 Å². The van der Waals surface area contributed by atoms with Gasteiger partial charge in [0, 0.05) is 69.9 Å². The number of carbonyl (C=O) groups is 21. The first-order valence-corrected chi connectivity index (χ1v) is 42.9. The number of nitrogens with two attached hydrogens (primary N) is 3. The summed E-state index contributed by atoms with van der Waals surface area (Å²) in [6, 6.07) is -19.2. The molecule has 29 N–H and O–H groups in total. The Hall–Kier alpha value is -13.0.